The van der Waals surface area contributed by atoms with Gasteiger partial charge in [-0.05, 0) is 23.8 Å². The number of benzene rings is 1. The van der Waals surface area contributed by atoms with Crippen molar-refractivity contribution in [1.29, 1.82) is 0 Å². The number of anilines is 1. The standard InChI is InChI=1S/C26H30FN5O4.3ClH/c1-30-25(33)16-23(21-6-7-28-17-22(21)27)29-26(30)32-11-15-36-24(18-32)19-2-4-20(5-3-19)35-14-10-31-8-12-34-13-9-31;;;/h2-7,16-17,24H,8-15,18H2,1H3;3*1H/t24-;;;/m1.../s1. The topological polar surface area (TPSA) is 81.9 Å². The van der Waals surface area contributed by atoms with E-state index in [4.69, 9.17) is 14.2 Å². The van der Waals surface area contributed by atoms with E-state index >= 15 is 0 Å². The fraction of sp³-hybridized carbons (Fsp3) is 0.423. The number of morpholine rings is 2. The Morgan fingerprint density at radius 2 is 1.79 bits per heavy atom. The Kier molecular flexibility index (Phi) is 12.9. The van der Waals surface area contributed by atoms with Crippen molar-refractivity contribution in [2.75, 3.05) is 64.1 Å². The molecule has 5 rings (SSSR count). The number of hydrogen-bond donors (Lipinski definition) is 0. The molecule has 39 heavy (non-hydrogen) atoms. The minimum atomic E-state index is -0.517. The van der Waals surface area contributed by atoms with Gasteiger partial charge in [-0.25, -0.2) is 9.37 Å². The van der Waals surface area contributed by atoms with Crippen LogP contribution < -0.4 is 15.2 Å². The fourth-order valence-electron chi connectivity index (χ4n) is 4.46. The van der Waals surface area contributed by atoms with E-state index in [2.05, 4.69) is 14.9 Å². The van der Waals surface area contributed by atoms with Gasteiger partial charge in [-0.3, -0.25) is 19.2 Å². The van der Waals surface area contributed by atoms with Crippen LogP contribution in [0.3, 0.4) is 0 Å². The number of pyridine rings is 1. The highest BCUT2D eigenvalue weighted by Gasteiger charge is 2.25. The van der Waals surface area contributed by atoms with Crippen molar-refractivity contribution in [3.05, 3.63) is 70.5 Å². The van der Waals surface area contributed by atoms with Gasteiger partial charge in [-0.1, -0.05) is 12.1 Å². The summed E-state index contributed by atoms with van der Waals surface area (Å²) >= 11 is 0. The summed E-state index contributed by atoms with van der Waals surface area (Å²) in [5, 5.41) is 0. The van der Waals surface area contributed by atoms with Crippen LogP contribution in [0.25, 0.3) is 11.3 Å². The van der Waals surface area contributed by atoms with Crippen LogP contribution in [0.1, 0.15) is 11.7 Å². The van der Waals surface area contributed by atoms with Crippen LogP contribution in [-0.2, 0) is 16.5 Å². The molecule has 1 atom stereocenters. The monoisotopic (exact) mass is 603 g/mol. The first-order chi connectivity index (χ1) is 17.6. The molecule has 1 aromatic carbocycles. The zero-order valence-corrected chi connectivity index (χ0v) is 24.0. The van der Waals surface area contributed by atoms with Gasteiger partial charge in [0.1, 0.15) is 18.5 Å². The Hall–Kier alpha value is -2.47. The molecule has 0 bridgehead atoms. The molecule has 9 nitrogen and oxygen atoms in total. The molecule has 0 spiro atoms. The van der Waals surface area contributed by atoms with Crippen molar-refractivity contribution in [3.63, 3.8) is 0 Å². The highest BCUT2D eigenvalue weighted by Crippen LogP contribution is 2.28. The van der Waals surface area contributed by atoms with E-state index < -0.39 is 5.82 Å². The van der Waals surface area contributed by atoms with Crippen LogP contribution in [0, 0.1) is 5.82 Å². The predicted molar refractivity (Wildman–Crippen MR) is 155 cm³/mol. The van der Waals surface area contributed by atoms with Crippen molar-refractivity contribution in [3.8, 4) is 17.0 Å². The Morgan fingerprint density at radius 3 is 2.51 bits per heavy atom. The normalized spacial score (nSPS) is 17.4. The molecule has 2 saturated heterocycles. The molecule has 0 unspecified atom stereocenters. The van der Waals surface area contributed by atoms with Gasteiger partial charge in [0.15, 0.2) is 5.82 Å². The minimum Gasteiger partial charge on any atom is -0.492 e. The highest BCUT2D eigenvalue weighted by atomic mass is 35.5. The van der Waals surface area contributed by atoms with E-state index in [-0.39, 0.29) is 60.1 Å². The average Bonchev–Trinajstić information content (AvgIpc) is 2.91. The Labute approximate surface area is 245 Å². The third kappa shape index (κ3) is 8.03. The third-order valence-electron chi connectivity index (χ3n) is 6.54. The lowest BCUT2D eigenvalue weighted by Crippen LogP contribution is -2.41. The number of nitrogens with zero attached hydrogens (tertiary/aromatic N) is 5. The predicted octanol–water partition coefficient (Wildman–Crippen LogP) is 3.54. The number of rotatable bonds is 7. The number of halogens is 4. The van der Waals surface area contributed by atoms with Crippen molar-refractivity contribution in [1.82, 2.24) is 19.4 Å². The second-order valence-electron chi connectivity index (χ2n) is 8.87. The zero-order chi connectivity index (χ0) is 24.9. The second kappa shape index (κ2) is 15.4. The lowest BCUT2D eigenvalue weighted by molar-refractivity contribution is 0.0322. The molecule has 2 aliphatic rings. The number of hydrogen-bond acceptors (Lipinski definition) is 8. The highest BCUT2D eigenvalue weighted by molar-refractivity contribution is 5.86. The third-order valence-corrected chi connectivity index (χ3v) is 6.54. The Balaban J connectivity index is 0.00000178. The van der Waals surface area contributed by atoms with Gasteiger partial charge in [0, 0.05) is 51.1 Å². The molecule has 0 radical (unpaired) electrons. The van der Waals surface area contributed by atoms with Gasteiger partial charge in [0.25, 0.3) is 5.56 Å². The van der Waals surface area contributed by atoms with Crippen LogP contribution in [0.4, 0.5) is 10.3 Å². The lowest BCUT2D eigenvalue weighted by Gasteiger charge is -2.34. The van der Waals surface area contributed by atoms with E-state index in [1.807, 2.05) is 29.2 Å². The fourth-order valence-corrected chi connectivity index (χ4v) is 4.46. The van der Waals surface area contributed by atoms with Crippen LogP contribution in [0.15, 0.2) is 53.6 Å². The largest absolute Gasteiger partial charge is 0.492 e. The molecule has 2 fully saturated rings. The molecule has 0 saturated carbocycles. The van der Waals surface area contributed by atoms with E-state index in [1.54, 1.807) is 7.05 Å². The van der Waals surface area contributed by atoms with E-state index in [0.717, 1.165) is 50.4 Å². The summed E-state index contributed by atoms with van der Waals surface area (Å²) < 4.78 is 33.1. The first-order valence-electron chi connectivity index (χ1n) is 12.2. The summed E-state index contributed by atoms with van der Waals surface area (Å²) in [5.74, 6) is 0.775. The molecule has 0 N–H and O–H groups in total. The van der Waals surface area contributed by atoms with Crippen molar-refractivity contribution in [2.24, 2.45) is 7.05 Å². The lowest BCUT2D eigenvalue weighted by atomic mass is 10.1. The molecule has 2 aliphatic heterocycles. The van der Waals surface area contributed by atoms with Crippen LogP contribution in [-0.4, -0.2) is 78.6 Å². The molecule has 3 aromatic rings. The Bertz CT molecular complexity index is 1250. The zero-order valence-electron chi connectivity index (χ0n) is 21.5. The van der Waals surface area contributed by atoms with Crippen molar-refractivity contribution < 1.29 is 18.6 Å². The quantitative estimate of drug-likeness (QED) is 0.405. The minimum absolute atomic E-state index is 0. The average molecular weight is 605 g/mol. The van der Waals surface area contributed by atoms with E-state index in [1.165, 1.54) is 22.9 Å². The van der Waals surface area contributed by atoms with Gasteiger partial charge < -0.3 is 19.1 Å². The smallest absolute Gasteiger partial charge is 0.255 e. The maximum absolute atomic E-state index is 14.3. The molecule has 0 aliphatic carbocycles. The molecular weight excluding hydrogens is 572 g/mol. The SMILES string of the molecule is Cl.Cl.Cl.Cn1c(N2CCO[C@@H](c3ccc(OCCN4CCOCC4)cc3)C2)nc(-c2ccncc2F)cc1=O. The van der Waals surface area contributed by atoms with Crippen LogP contribution in [0.2, 0.25) is 0 Å². The van der Waals surface area contributed by atoms with E-state index in [9.17, 15) is 9.18 Å². The Morgan fingerprint density at radius 1 is 1.05 bits per heavy atom. The molecular formula is C26H33Cl3FN5O4. The molecule has 0 amide bonds. The summed E-state index contributed by atoms with van der Waals surface area (Å²) in [4.78, 5) is 25.4. The summed E-state index contributed by atoms with van der Waals surface area (Å²) in [5.41, 5.74) is 1.29. The van der Waals surface area contributed by atoms with Gasteiger partial charge >= 0.3 is 0 Å². The maximum Gasteiger partial charge on any atom is 0.255 e. The first kappa shape index (κ1) is 32.7. The summed E-state index contributed by atoms with van der Waals surface area (Å²) in [6.07, 6.45) is 2.41. The second-order valence-corrected chi connectivity index (χ2v) is 8.87. The summed E-state index contributed by atoms with van der Waals surface area (Å²) in [6.45, 7) is 6.51. The van der Waals surface area contributed by atoms with Crippen LogP contribution >= 0.6 is 37.2 Å². The number of aromatic nitrogens is 3. The van der Waals surface area contributed by atoms with Gasteiger partial charge in [0.2, 0.25) is 5.95 Å². The molecule has 4 heterocycles. The van der Waals surface area contributed by atoms with Crippen LogP contribution in [0.5, 0.6) is 5.75 Å². The van der Waals surface area contributed by atoms with Gasteiger partial charge in [-0.15, -0.1) is 37.2 Å². The van der Waals surface area contributed by atoms with Crippen molar-refractivity contribution in [2.45, 2.75) is 6.10 Å². The maximum atomic E-state index is 14.3. The summed E-state index contributed by atoms with van der Waals surface area (Å²) in [7, 11) is 1.67. The molecule has 13 heteroatoms. The van der Waals surface area contributed by atoms with Crippen molar-refractivity contribution >= 4 is 43.2 Å². The van der Waals surface area contributed by atoms with Gasteiger partial charge in [-0.2, -0.15) is 0 Å². The van der Waals surface area contributed by atoms with Gasteiger partial charge in [0.05, 0.1) is 38.3 Å². The molecule has 2 aromatic heterocycles. The summed E-state index contributed by atoms with van der Waals surface area (Å²) in [6, 6.07) is 10.8. The molecule has 214 valence electrons. The van der Waals surface area contributed by atoms with E-state index in [0.29, 0.717) is 32.3 Å². The number of ether oxygens (including phenoxy) is 3. The first-order valence-corrected chi connectivity index (χ1v) is 12.2.